The van der Waals surface area contributed by atoms with Crippen LogP contribution in [0.2, 0.25) is 0 Å². The first-order chi connectivity index (χ1) is 8.90. The van der Waals surface area contributed by atoms with E-state index in [1.54, 1.807) is 0 Å². The summed E-state index contributed by atoms with van der Waals surface area (Å²) in [6.07, 6.45) is 4.85. The summed E-state index contributed by atoms with van der Waals surface area (Å²) in [6.45, 7) is 4.44. The predicted octanol–water partition coefficient (Wildman–Crippen LogP) is 2.15. The van der Waals surface area contributed by atoms with Gasteiger partial charge >= 0.3 is 0 Å². The number of hydrogen-bond donors (Lipinski definition) is 2. The number of piperidine rings is 1. The molecular formula is C15H24N2O. The molecule has 0 aliphatic carbocycles. The molecule has 1 heterocycles. The minimum absolute atomic E-state index is 0.265. The largest absolute Gasteiger partial charge is 0.396 e. The molecule has 0 bridgehead atoms. The number of benzene rings is 1. The highest BCUT2D eigenvalue weighted by molar-refractivity contribution is 5.47. The molecule has 2 N–H and O–H groups in total. The van der Waals surface area contributed by atoms with Crippen LogP contribution in [-0.2, 0) is 6.54 Å². The fourth-order valence-electron chi connectivity index (χ4n) is 2.41. The van der Waals surface area contributed by atoms with Gasteiger partial charge in [-0.15, -0.1) is 0 Å². The van der Waals surface area contributed by atoms with E-state index in [9.17, 15) is 0 Å². The van der Waals surface area contributed by atoms with Crippen molar-refractivity contribution in [3.63, 3.8) is 0 Å². The van der Waals surface area contributed by atoms with Gasteiger partial charge < -0.3 is 15.3 Å². The lowest BCUT2D eigenvalue weighted by Gasteiger charge is -2.28. The Morgan fingerprint density at radius 3 is 2.44 bits per heavy atom. The zero-order valence-corrected chi connectivity index (χ0v) is 11.1. The van der Waals surface area contributed by atoms with Gasteiger partial charge in [0.05, 0.1) is 0 Å². The lowest BCUT2D eigenvalue weighted by Crippen LogP contribution is -2.29. The summed E-state index contributed by atoms with van der Waals surface area (Å²) in [6, 6.07) is 8.87. The van der Waals surface area contributed by atoms with Crippen molar-refractivity contribution in [1.29, 1.82) is 0 Å². The third-order valence-corrected chi connectivity index (χ3v) is 3.50. The second kappa shape index (κ2) is 7.39. The van der Waals surface area contributed by atoms with Gasteiger partial charge in [0.2, 0.25) is 0 Å². The summed E-state index contributed by atoms with van der Waals surface area (Å²) >= 11 is 0. The van der Waals surface area contributed by atoms with E-state index >= 15 is 0 Å². The van der Waals surface area contributed by atoms with Crippen molar-refractivity contribution in [2.45, 2.75) is 32.2 Å². The van der Waals surface area contributed by atoms with Crippen molar-refractivity contribution in [2.24, 2.45) is 0 Å². The molecule has 1 aliphatic heterocycles. The van der Waals surface area contributed by atoms with Gasteiger partial charge in [-0.3, -0.25) is 0 Å². The smallest absolute Gasteiger partial charge is 0.0443 e. The Labute approximate surface area is 110 Å². The third kappa shape index (κ3) is 4.00. The average molecular weight is 248 g/mol. The van der Waals surface area contributed by atoms with Crippen LogP contribution in [0.5, 0.6) is 0 Å². The molecule has 0 unspecified atom stereocenters. The summed E-state index contributed by atoms with van der Waals surface area (Å²) in [5.41, 5.74) is 2.67. The van der Waals surface area contributed by atoms with Crippen molar-refractivity contribution in [3.05, 3.63) is 29.8 Å². The molecule has 1 aromatic carbocycles. The number of rotatable bonds is 6. The lowest BCUT2D eigenvalue weighted by atomic mass is 10.1. The molecule has 1 saturated heterocycles. The monoisotopic (exact) mass is 248 g/mol. The van der Waals surface area contributed by atoms with Crippen molar-refractivity contribution < 1.29 is 5.11 Å². The van der Waals surface area contributed by atoms with E-state index in [1.165, 1.54) is 43.6 Å². The highest BCUT2D eigenvalue weighted by Crippen LogP contribution is 2.20. The Balaban J connectivity index is 1.81. The molecule has 0 atom stereocenters. The van der Waals surface area contributed by atoms with Crippen LogP contribution in [0.3, 0.4) is 0 Å². The van der Waals surface area contributed by atoms with Crippen molar-refractivity contribution in [1.82, 2.24) is 5.32 Å². The van der Waals surface area contributed by atoms with Gasteiger partial charge in [0, 0.05) is 31.9 Å². The van der Waals surface area contributed by atoms with Gasteiger partial charge in [0.1, 0.15) is 0 Å². The van der Waals surface area contributed by atoms with Crippen molar-refractivity contribution >= 4 is 5.69 Å². The van der Waals surface area contributed by atoms with E-state index in [2.05, 4.69) is 34.5 Å². The number of aliphatic hydroxyl groups excluding tert-OH is 1. The van der Waals surface area contributed by atoms with Crippen molar-refractivity contribution in [3.8, 4) is 0 Å². The zero-order valence-electron chi connectivity index (χ0n) is 11.1. The molecule has 0 amide bonds. The maximum absolute atomic E-state index is 8.70. The molecule has 2 rings (SSSR count). The standard InChI is InChI=1S/C15H24N2O/c18-12-4-9-16-13-14-5-7-15(8-6-14)17-10-2-1-3-11-17/h5-8,16,18H,1-4,9-13H2. The molecule has 1 aliphatic rings. The molecule has 0 saturated carbocycles. The Morgan fingerprint density at radius 1 is 1.06 bits per heavy atom. The van der Waals surface area contributed by atoms with Crippen LogP contribution in [0.15, 0.2) is 24.3 Å². The topological polar surface area (TPSA) is 35.5 Å². The van der Waals surface area contributed by atoms with E-state index in [4.69, 9.17) is 5.11 Å². The van der Waals surface area contributed by atoms with Crippen molar-refractivity contribution in [2.75, 3.05) is 31.1 Å². The van der Waals surface area contributed by atoms with Gasteiger partial charge in [-0.1, -0.05) is 12.1 Å². The number of aliphatic hydroxyl groups is 1. The lowest BCUT2D eigenvalue weighted by molar-refractivity contribution is 0.286. The van der Waals surface area contributed by atoms with Crippen LogP contribution in [0.1, 0.15) is 31.2 Å². The fourth-order valence-corrected chi connectivity index (χ4v) is 2.41. The minimum Gasteiger partial charge on any atom is -0.396 e. The van der Waals surface area contributed by atoms with Crippen LogP contribution >= 0.6 is 0 Å². The van der Waals surface area contributed by atoms with E-state index in [0.29, 0.717) is 0 Å². The summed E-state index contributed by atoms with van der Waals surface area (Å²) in [5.74, 6) is 0. The number of nitrogens with one attached hydrogen (secondary N) is 1. The van der Waals surface area contributed by atoms with Gasteiger partial charge in [0.15, 0.2) is 0 Å². The maximum atomic E-state index is 8.70. The fraction of sp³-hybridized carbons (Fsp3) is 0.600. The molecule has 1 fully saturated rings. The molecule has 100 valence electrons. The second-order valence-electron chi connectivity index (χ2n) is 4.97. The van der Waals surface area contributed by atoms with E-state index in [1.807, 2.05) is 0 Å². The Bertz CT molecular complexity index is 331. The minimum atomic E-state index is 0.265. The van der Waals surface area contributed by atoms with Gasteiger partial charge in [-0.2, -0.15) is 0 Å². The Hall–Kier alpha value is -1.06. The molecule has 3 nitrogen and oxygen atoms in total. The second-order valence-corrected chi connectivity index (χ2v) is 4.97. The first-order valence-corrected chi connectivity index (χ1v) is 7.05. The molecule has 18 heavy (non-hydrogen) atoms. The number of nitrogens with zero attached hydrogens (tertiary/aromatic N) is 1. The quantitative estimate of drug-likeness (QED) is 0.757. The molecular weight excluding hydrogens is 224 g/mol. The van der Waals surface area contributed by atoms with Gasteiger partial charge in [-0.05, 0) is 49.9 Å². The summed E-state index contributed by atoms with van der Waals surface area (Å²) in [5, 5.41) is 12.0. The number of hydrogen-bond acceptors (Lipinski definition) is 3. The third-order valence-electron chi connectivity index (χ3n) is 3.50. The first kappa shape index (κ1) is 13.4. The maximum Gasteiger partial charge on any atom is 0.0443 e. The highest BCUT2D eigenvalue weighted by atomic mass is 16.3. The zero-order chi connectivity index (χ0) is 12.6. The van der Waals surface area contributed by atoms with Crippen LogP contribution in [0.25, 0.3) is 0 Å². The SMILES string of the molecule is OCCCNCc1ccc(N2CCCCC2)cc1. The summed E-state index contributed by atoms with van der Waals surface area (Å²) in [4.78, 5) is 2.48. The first-order valence-electron chi connectivity index (χ1n) is 7.05. The van der Waals surface area contributed by atoms with Crippen LogP contribution in [0, 0.1) is 0 Å². The molecule has 3 heteroatoms. The average Bonchev–Trinajstić information content (AvgIpc) is 2.45. The molecule has 1 aromatic rings. The van der Waals surface area contributed by atoms with Gasteiger partial charge in [0.25, 0.3) is 0 Å². The van der Waals surface area contributed by atoms with E-state index in [0.717, 1.165) is 19.5 Å². The summed E-state index contributed by atoms with van der Waals surface area (Å²) in [7, 11) is 0. The van der Waals surface area contributed by atoms with Crippen LogP contribution in [-0.4, -0.2) is 31.3 Å². The Morgan fingerprint density at radius 2 is 1.78 bits per heavy atom. The van der Waals surface area contributed by atoms with Gasteiger partial charge in [-0.25, -0.2) is 0 Å². The normalized spacial score (nSPS) is 15.9. The molecule has 0 radical (unpaired) electrons. The molecule has 0 aromatic heterocycles. The molecule has 0 spiro atoms. The van der Waals surface area contributed by atoms with E-state index in [-0.39, 0.29) is 6.61 Å². The number of anilines is 1. The van der Waals surface area contributed by atoms with Crippen LogP contribution in [0.4, 0.5) is 5.69 Å². The van der Waals surface area contributed by atoms with E-state index < -0.39 is 0 Å². The predicted molar refractivity (Wildman–Crippen MR) is 75.9 cm³/mol. The highest BCUT2D eigenvalue weighted by Gasteiger charge is 2.10. The summed E-state index contributed by atoms with van der Waals surface area (Å²) < 4.78 is 0. The Kier molecular flexibility index (Phi) is 5.49. The van der Waals surface area contributed by atoms with Crippen LogP contribution < -0.4 is 10.2 Å².